The topological polar surface area (TPSA) is 82.7 Å². The molecule has 0 unspecified atom stereocenters. The summed E-state index contributed by atoms with van der Waals surface area (Å²) < 4.78 is 0. The summed E-state index contributed by atoms with van der Waals surface area (Å²) in [6, 6.07) is 6.04. The highest BCUT2D eigenvalue weighted by atomic mass is 16.1. The van der Waals surface area contributed by atoms with Crippen LogP contribution < -0.4 is 10.6 Å². The summed E-state index contributed by atoms with van der Waals surface area (Å²) in [4.78, 5) is 24.6. The van der Waals surface area contributed by atoms with Crippen LogP contribution in [0, 0.1) is 5.41 Å². The molecule has 2 aromatic heterocycles. The van der Waals surface area contributed by atoms with E-state index in [1.165, 1.54) is 0 Å². The number of hydrogen-bond donors (Lipinski definition) is 3. The van der Waals surface area contributed by atoms with Gasteiger partial charge in [0.1, 0.15) is 5.65 Å². The highest BCUT2D eigenvalue weighted by molar-refractivity contribution is 5.99. The first kappa shape index (κ1) is 18.5. The second kappa shape index (κ2) is 6.33. The fourth-order valence-electron chi connectivity index (χ4n) is 3.54. The molecule has 4 rings (SSSR count). The highest BCUT2D eigenvalue weighted by Crippen LogP contribution is 2.35. The van der Waals surface area contributed by atoms with Crippen LogP contribution in [0.2, 0.25) is 0 Å². The molecule has 1 aromatic carbocycles. The van der Waals surface area contributed by atoms with Gasteiger partial charge < -0.3 is 15.6 Å². The normalized spacial score (nSPS) is 16.0. The van der Waals surface area contributed by atoms with Gasteiger partial charge in [-0.15, -0.1) is 0 Å². The molecule has 146 valence electrons. The van der Waals surface area contributed by atoms with Crippen molar-refractivity contribution in [3.63, 3.8) is 0 Å². The fraction of sp³-hybridized carbons (Fsp3) is 0.409. The summed E-state index contributed by atoms with van der Waals surface area (Å²) in [5, 5.41) is 7.24. The molecular weight excluding hydrogens is 350 g/mol. The van der Waals surface area contributed by atoms with Crippen molar-refractivity contribution in [2.75, 3.05) is 18.4 Å². The first-order valence-corrected chi connectivity index (χ1v) is 9.65. The Morgan fingerprint density at radius 2 is 2.00 bits per heavy atom. The third-order valence-corrected chi connectivity index (χ3v) is 5.20. The molecule has 1 aliphatic heterocycles. The Morgan fingerprint density at radius 1 is 1.21 bits per heavy atom. The van der Waals surface area contributed by atoms with Gasteiger partial charge in [-0.05, 0) is 28.7 Å². The molecule has 6 nitrogen and oxygen atoms in total. The van der Waals surface area contributed by atoms with Crippen molar-refractivity contribution < 1.29 is 4.79 Å². The standard InChI is InChI=1S/C22H27N5O/c1-21(2,3)11-26-20-24-10-16-15(9-23-18(16)27-20)13-6-7-14-17(8-13)22(4,5)12-25-19(14)28/h6-10H,11-12H2,1-5H3,(H,25,28)(H2,23,24,26,27). The summed E-state index contributed by atoms with van der Waals surface area (Å²) in [5.41, 5.74) is 4.79. The van der Waals surface area contributed by atoms with Crippen molar-refractivity contribution in [3.8, 4) is 11.1 Å². The summed E-state index contributed by atoms with van der Waals surface area (Å²) in [6.45, 7) is 12.3. The van der Waals surface area contributed by atoms with Crippen molar-refractivity contribution in [3.05, 3.63) is 41.7 Å². The van der Waals surface area contributed by atoms with Crippen molar-refractivity contribution >= 4 is 22.9 Å². The van der Waals surface area contributed by atoms with E-state index >= 15 is 0 Å². The summed E-state index contributed by atoms with van der Waals surface area (Å²) in [7, 11) is 0. The first-order valence-electron chi connectivity index (χ1n) is 9.65. The van der Waals surface area contributed by atoms with Gasteiger partial charge in [0.2, 0.25) is 5.95 Å². The van der Waals surface area contributed by atoms with Gasteiger partial charge in [0, 0.05) is 47.4 Å². The number of carbonyl (C=O) groups is 1. The number of hydrogen-bond acceptors (Lipinski definition) is 4. The molecule has 0 radical (unpaired) electrons. The number of aromatic amines is 1. The molecule has 0 saturated heterocycles. The van der Waals surface area contributed by atoms with Crippen LogP contribution in [0.1, 0.15) is 50.5 Å². The monoisotopic (exact) mass is 377 g/mol. The van der Waals surface area contributed by atoms with Gasteiger partial charge in [-0.1, -0.05) is 40.7 Å². The van der Waals surface area contributed by atoms with Crippen LogP contribution in [-0.2, 0) is 5.41 Å². The Balaban J connectivity index is 1.71. The van der Waals surface area contributed by atoms with E-state index in [1.807, 2.05) is 24.5 Å². The van der Waals surface area contributed by atoms with E-state index in [4.69, 9.17) is 0 Å². The number of anilines is 1. The van der Waals surface area contributed by atoms with Crippen LogP contribution in [0.15, 0.2) is 30.6 Å². The third-order valence-electron chi connectivity index (χ3n) is 5.20. The maximum absolute atomic E-state index is 12.2. The Labute approximate surface area is 165 Å². The summed E-state index contributed by atoms with van der Waals surface area (Å²) in [5.74, 6) is 0.622. The lowest BCUT2D eigenvalue weighted by Crippen LogP contribution is -2.43. The predicted octanol–water partition coefficient (Wildman–Crippen LogP) is 4.10. The number of rotatable bonds is 3. The molecule has 0 aliphatic carbocycles. The number of aromatic nitrogens is 3. The smallest absolute Gasteiger partial charge is 0.251 e. The SMILES string of the molecule is CC(C)(C)CNc1ncc2c(-c3ccc4c(c3)C(C)(C)CNC4=O)c[nH]c2n1. The van der Waals surface area contributed by atoms with Gasteiger partial charge in [-0.2, -0.15) is 4.98 Å². The molecule has 3 aromatic rings. The van der Waals surface area contributed by atoms with E-state index in [0.717, 1.165) is 39.8 Å². The Kier molecular flexibility index (Phi) is 4.17. The van der Waals surface area contributed by atoms with Gasteiger partial charge in [0.25, 0.3) is 5.91 Å². The lowest BCUT2D eigenvalue weighted by Gasteiger charge is -2.32. The molecule has 0 saturated carbocycles. The predicted molar refractivity (Wildman–Crippen MR) is 113 cm³/mol. The van der Waals surface area contributed by atoms with Crippen molar-refractivity contribution in [1.82, 2.24) is 20.3 Å². The van der Waals surface area contributed by atoms with E-state index in [9.17, 15) is 4.79 Å². The number of amides is 1. The minimum Gasteiger partial charge on any atom is -0.354 e. The number of H-pyrrole nitrogens is 1. The number of nitrogens with zero attached hydrogens (tertiary/aromatic N) is 2. The van der Waals surface area contributed by atoms with Crippen LogP contribution in [0.3, 0.4) is 0 Å². The van der Waals surface area contributed by atoms with Gasteiger partial charge in [0.05, 0.1) is 0 Å². The molecule has 3 heterocycles. The number of nitrogens with one attached hydrogen (secondary N) is 3. The zero-order valence-electron chi connectivity index (χ0n) is 17.1. The molecule has 28 heavy (non-hydrogen) atoms. The highest BCUT2D eigenvalue weighted by Gasteiger charge is 2.31. The molecule has 0 fully saturated rings. The fourth-order valence-corrected chi connectivity index (χ4v) is 3.54. The van der Waals surface area contributed by atoms with Crippen LogP contribution in [0.25, 0.3) is 22.2 Å². The average Bonchev–Trinajstić information content (AvgIpc) is 3.06. The molecule has 1 amide bonds. The molecule has 3 N–H and O–H groups in total. The Morgan fingerprint density at radius 3 is 2.75 bits per heavy atom. The lowest BCUT2D eigenvalue weighted by atomic mass is 9.78. The Hall–Kier alpha value is -2.89. The Bertz CT molecular complexity index is 1060. The first-order chi connectivity index (χ1) is 13.1. The maximum atomic E-state index is 12.2. The molecule has 1 aliphatic rings. The summed E-state index contributed by atoms with van der Waals surface area (Å²) in [6.07, 6.45) is 3.82. The number of carbonyl (C=O) groups excluding carboxylic acids is 1. The van der Waals surface area contributed by atoms with Crippen LogP contribution in [0.5, 0.6) is 0 Å². The van der Waals surface area contributed by atoms with E-state index in [0.29, 0.717) is 12.5 Å². The van der Waals surface area contributed by atoms with Crippen LogP contribution in [-0.4, -0.2) is 33.9 Å². The van der Waals surface area contributed by atoms with Crippen molar-refractivity contribution in [2.45, 2.75) is 40.0 Å². The van der Waals surface area contributed by atoms with Crippen LogP contribution >= 0.6 is 0 Å². The molecule has 6 heteroatoms. The lowest BCUT2D eigenvalue weighted by molar-refractivity contribution is 0.0930. The zero-order chi connectivity index (χ0) is 20.1. The van der Waals surface area contributed by atoms with E-state index < -0.39 is 0 Å². The van der Waals surface area contributed by atoms with Gasteiger partial charge in [-0.25, -0.2) is 4.98 Å². The second-order valence-electron chi connectivity index (χ2n) is 9.40. The van der Waals surface area contributed by atoms with Crippen LogP contribution in [0.4, 0.5) is 5.95 Å². The van der Waals surface area contributed by atoms with E-state index in [2.05, 4.69) is 66.3 Å². The number of fused-ring (bicyclic) bond motifs is 2. The quantitative estimate of drug-likeness (QED) is 0.642. The molecule has 0 spiro atoms. The van der Waals surface area contributed by atoms with Gasteiger partial charge in [-0.3, -0.25) is 4.79 Å². The summed E-state index contributed by atoms with van der Waals surface area (Å²) >= 11 is 0. The minimum absolute atomic E-state index is 0.00213. The maximum Gasteiger partial charge on any atom is 0.251 e. The van der Waals surface area contributed by atoms with Gasteiger partial charge >= 0.3 is 0 Å². The minimum atomic E-state index is -0.105. The molecule has 0 bridgehead atoms. The van der Waals surface area contributed by atoms with E-state index in [-0.39, 0.29) is 16.7 Å². The van der Waals surface area contributed by atoms with E-state index in [1.54, 1.807) is 0 Å². The third kappa shape index (κ3) is 3.35. The molecule has 0 atom stereocenters. The largest absolute Gasteiger partial charge is 0.354 e. The number of benzene rings is 1. The zero-order valence-corrected chi connectivity index (χ0v) is 17.1. The molecular formula is C22H27N5O. The van der Waals surface area contributed by atoms with Gasteiger partial charge in [0.15, 0.2) is 0 Å². The van der Waals surface area contributed by atoms with Crippen molar-refractivity contribution in [1.29, 1.82) is 0 Å². The average molecular weight is 377 g/mol. The van der Waals surface area contributed by atoms with Crippen molar-refractivity contribution in [2.24, 2.45) is 5.41 Å². The second-order valence-corrected chi connectivity index (χ2v) is 9.40.